The van der Waals surface area contributed by atoms with Gasteiger partial charge >= 0.3 is 6.18 Å². The topological polar surface area (TPSA) is 56.6 Å². The standard InChI is InChI=1S/C14H7BrF4N2O/c1-6-4-7(8(5-20)13(22)21-6)11-10(15)3-2-9(12(11)16)14(17,18)19/h2-4H,1H3,(H,21,22). The summed E-state index contributed by atoms with van der Waals surface area (Å²) < 4.78 is 52.8. The molecule has 0 radical (unpaired) electrons. The number of nitriles is 1. The van der Waals surface area contributed by atoms with Gasteiger partial charge in [-0.05, 0) is 25.1 Å². The molecule has 8 heteroatoms. The smallest absolute Gasteiger partial charge is 0.325 e. The number of nitrogens with one attached hydrogen (secondary N) is 1. The quantitative estimate of drug-likeness (QED) is 0.762. The van der Waals surface area contributed by atoms with Crippen LogP contribution in [0.4, 0.5) is 17.6 Å². The minimum atomic E-state index is -4.89. The van der Waals surface area contributed by atoms with Gasteiger partial charge in [0.15, 0.2) is 0 Å². The fourth-order valence-corrected chi connectivity index (χ4v) is 2.53. The van der Waals surface area contributed by atoms with Crippen LogP contribution in [0.3, 0.4) is 0 Å². The summed E-state index contributed by atoms with van der Waals surface area (Å²) in [6.07, 6.45) is -4.89. The Kier molecular flexibility index (Phi) is 4.11. The van der Waals surface area contributed by atoms with E-state index in [2.05, 4.69) is 20.9 Å². The number of rotatable bonds is 1. The van der Waals surface area contributed by atoms with Gasteiger partial charge < -0.3 is 4.98 Å². The lowest BCUT2D eigenvalue weighted by atomic mass is 9.98. The Morgan fingerprint density at radius 3 is 2.50 bits per heavy atom. The summed E-state index contributed by atoms with van der Waals surface area (Å²) in [6.45, 7) is 1.48. The van der Waals surface area contributed by atoms with Crippen molar-refractivity contribution in [3.8, 4) is 17.2 Å². The number of nitrogens with zero attached hydrogens (tertiary/aromatic N) is 1. The van der Waals surface area contributed by atoms with Crippen LogP contribution in [0.15, 0.2) is 27.5 Å². The van der Waals surface area contributed by atoms with Crippen LogP contribution in [0.2, 0.25) is 0 Å². The molecule has 22 heavy (non-hydrogen) atoms. The second kappa shape index (κ2) is 5.57. The molecule has 0 saturated carbocycles. The van der Waals surface area contributed by atoms with E-state index >= 15 is 0 Å². The Bertz CT molecular complexity index is 850. The van der Waals surface area contributed by atoms with E-state index in [9.17, 15) is 22.4 Å². The van der Waals surface area contributed by atoms with Gasteiger partial charge in [-0.25, -0.2) is 4.39 Å². The van der Waals surface area contributed by atoms with Gasteiger partial charge in [-0.1, -0.05) is 15.9 Å². The number of aryl methyl sites for hydroxylation is 1. The maximum Gasteiger partial charge on any atom is 0.419 e. The van der Waals surface area contributed by atoms with E-state index in [1.54, 1.807) is 6.07 Å². The van der Waals surface area contributed by atoms with Crippen LogP contribution in [-0.2, 0) is 6.18 Å². The van der Waals surface area contributed by atoms with Gasteiger partial charge in [0.1, 0.15) is 17.4 Å². The van der Waals surface area contributed by atoms with Crippen molar-refractivity contribution in [3.63, 3.8) is 0 Å². The molecule has 0 unspecified atom stereocenters. The normalized spacial score (nSPS) is 11.3. The van der Waals surface area contributed by atoms with Gasteiger partial charge in [0, 0.05) is 21.3 Å². The minimum absolute atomic E-state index is 0.0134. The zero-order valence-electron chi connectivity index (χ0n) is 11.0. The highest BCUT2D eigenvalue weighted by Gasteiger charge is 2.36. The first-order valence-corrected chi connectivity index (χ1v) is 6.65. The van der Waals surface area contributed by atoms with Gasteiger partial charge in [0.05, 0.1) is 5.56 Å². The van der Waals surface area contributed by atoms with Crippen LogP contribution < -0.4 is 5.56 Å². The Hall–Kier alpha value is -2.14. The molecule has 0 aliphatic rings. The summed E-state index contributed by atoms with van der Waals surface area (Å²) in [6, 6.07) is 4.46. The van der Waals surface area contributed by atoms with Crippen molar-refractivity contribution in [2.24, 2.45) is 0 Å². The van der Waals surface area contributed by atoms with Gasteiger partial charge in [-0.3, -0.25) is 4.79 Å². The van der Waals surface area contributed by atoms with E-state index in [0.29, 0.717) is 11.8 Å². The first-order valence-electron chi connectivity index (χ1n) is 5.86. The Morgan fingerprint density at radius 1 is 1.32 bits per heavy atom. The van der Waals surface area contributed by atoms with Crippen molar-refractivity contribution in [1.29, 1.82) is 5.26 Å². The zero-order valence-corrected chi connectivity index (χ0v) is 12.6. The SMILES string of the molecule is Cc1cc(-c2c(Br)ccc(C(F)(F)F)c2F)c(C#N)c(=O)[nH]1. The number of hydrogen-bond acceptors (Lipinski definition) is 2. The van der Waals surface area contributed by atoms with E-state index in [-0.39, 0.29) is 10.0 Å². The predicted octanol–water partition coefficient (Wildman–Crippen LogP) is 4.14. The Labute approximate surface area is 130 Å². The summed E-state index contributed by atoms with van der Waals surface area (Å²) in [7, 11) is 0. The molecule has 0 aliphatic carbocycles. The number of pyridine rings is 1. The van der Waals surface area contributed by atoms with Gasteiger partial charge in [-0.2, -0.15) is 18.4 Å². The van der Waals surface area contributed by atoms with Gasteiger partial charge in [0.2, 0.25) is 0 Å². The fourth-order valence-electron chi connectivity index (χ4n) is 2.02. The van der Waals surface area contributed by atoms with Crippen LogP contribution in [0, 0.1) is 24.1 Å². The van der Waals surface area contributed by atoms with E-state index < -0.39 is 34.2 Å². The van der Waals surface area contributed by atoms with E-state index in [1.165, 1.54) is 13.0 Å². The largest absolute Gasteiger partial charge is 0.419 e. The highest BCUT2D eigenvalue weighted by atomic mass is 79.9. The van der Waals surface area contributed by atoms with E-state index in [1.807, 2.05) is 0 Å². The van der Waals surface area contributed by atoms with Crippen LogP contribution in [0.5, 0.6) is 0 Å². The highest BCUT2D eigenvalue weighted by molar-refractivity contribution is 9.10. The van der Waals surface area contributed by atoms with Crippen LogP contribution >= 0.6 is 15.9 Å². The van der Waals surface area contributed by atoms with Crippen LogP contribution in [0.1, 0.15) is 16.8 Å². The van der Waals surface area contributed by atoms with Gasteiger partial charge in [-0.15, -0.1) is 0 Å². The molecule has 0 atom stereocenters. The number of halogens is 5. The molecule has 114 valence electrons. The molecule has 0 fully saturated rings. The molecular weight excluding hydrogens is 368 g/mol. The summed E-state index contributed by atoms with van der Waals surface area (Å²) in [5.41, 5.74) is -3.08. The molecule has 1 aromatic heterocycles. The second-order valence-electron chi connectivity index (χ2n) is 4.46. The molecule has 0 spiro atoms. The summed E-state index contributed by atoms with van der Waals surface area (Å²) in [5.74, 6) is -1.54. The second-order valence-corrected chi connectivity index (χ2v) is 5.32. The summed E-state index contributed by atoms with van der Waals surface area (Å²) in [4.78, 5) is 14.1. The maximum atomic E-state index is 14.3. The molecule has 1 aromatic carbocycles. The average molecular weight is 375 g/mol. The van der Waals surface area contributed by atoms with E-state index in [0.717, 1.165) is 6.07 Å². The average Bonchev–Trinajstić information content (AvgIpc) is 2.36. The third kappa shape index (κ3) is 2.76. The fraction of sp³-hybridized carbons (Fsp3) is 0.143. The Morgan fingerprint density at radius 2 is 1.95 bits per heavy atom. The third-order valence-electron chi connectivity index (χ3n) is 2.95. The molecule has 0 aliphatic heterocycles. The minimum Gasteiger partial charge on any atom is -0.325 e. The Balaban J connectivity index is 2.91. The molecule has 0 bridgehead atoms. The lowest BCUT2D eigenvalue weighted by Crippen LogP contribution is -2.14. The number of hydrogen-bond donors (Lipinski definition) is 1. The molecule has 1 N–H and O–H groups in total. The highest BCUT2D eigenvalue weighted by Crippen LogP contribution is 2.39. The monoisotopic (exact) mass is 374 g/mol. The molecule has 1 heterocycles. The summed E-state index contributed by atoms with van der Waals surface area (Å²) >= 11 is 2.97. The molecule has 2 aromatic rings. The van der Waals surface area contributed by atoms with Crippen LogP contribution in [-0.4, -0.2) is 4.98 Å². The van der Waals surface area contributed by atoms with Crippen molar-refractivity contribution in [1.82, 2.24) is 4.98 Å². The van der Waals surface area contributed by atoms with E-state index in [4.69, 9.17) is 5.26 Å². The summed E-state index contributed by atoms with van der Waals surface area (Å²) in [5, 5.41) is 9.03. The van der Waals surface area contributed by atoms with Gasteiger partial charge in [0.25, 0.3) is 5.56 Å². The molecule has 0 amide bonds. The zero-order chi connectivity index (χ0) is 16.7. The third-order valence-corrected chi connectivity index (χ3v) is 3.61. The van der Waals surface area contributed by atoms with Crippen molar-refractivity contribution in [2.45, 2.75) is 13.1 Å². The number of alkyl halides is 3. The van der Waals surface area contributed by atoms with Crippen molar-refractivity contribution in [3.05, 3.63) is 55.7 Å². The number of H-pyrrole nitrogens is 1. The number of benzene rings is 1. The first-order chi connectivity index (χ1) is 10.2. The molecule has 2 rings (SSSR count). The lowest BCUT2D eigenvalue weighted by Gasteiger charge is -2.14. The predicted molar refractivity (Wildman–Crippen MR) is 74.6 cm³/mol. The van der Waals surface area contributed by atoms with Crippen molar-refractivity contribution < 1.29 is 17.6 Å². The number of aromatic nitrogens is 1. The van der Waals surface area contributed by atoms with Crippen LogP contribution in [0.25, 0.3) is 11.1 Å². The maximum absolute atomic E-state index is 14.3. The molecule has 0 saturated heterocycles. The lowest BCUT2D eigenvalue weighted by molar-refractivity contribution is -0.139. The molecular formula is C14H7BrF4N2O. The van der Waals surface area contributed by atoms with Crippen molar-refractivity contribution in [2.75, 3.05) is 0 Å². The first kappa shape index (κ1) is 16.2. The van der Waals surface area contributed by atoms with Crippen molar-refractivity contribution >= 4 is 15.9 Å². The molecule has 3 nitrogen and oxygen atoms in total. The number of aromatic amines is 1.